The van der Waals surface area contributed by atoms with Crippen molar-refractivity contribution < 1.29 is 27.2 Å². The van der Waals surface area contributed by atoms with Gasteiger partial charge in [0.15, 0.2) is 0 Å². The van der Waals surface area contributed by atoms with Gasteiger partial charge in [0.2, 0.25) is 0 Å². The Bertz CT molecular complexity index is 1740. The molecular formula is C37H40N4O7S2. The fourth-order valence-corrected chi connectivity index (χ4v) is 9.15. The van der Waals surface area contributed by atoms with E-state index in [2.05, 4.69) is 77.7 Å². The predicted octanol–water partition coefficient (Wildman–Crippen LogP) is 5.91. The molecule has 0 aromatic heterocycles. The van der Waals surface area contributed by atoms with Crippen LogP contribution in [-0.2, 0) is 30.5 Å². The van der Waals surface area contributed by atoms with Crippen LogP contribution in [0.5, 0.6) is 0 Å². The van der Waals surface area contributed by atoms with Crippen LogP contribution in [0.2, 0.25) is 0 Å². The lowest BCUT2D eigenvalue weighted by atomic mass is 9.84. The molecule has 0 aliphatic carbocycles. The van der Waals surface area contributed by atoms with Crippen LogP contribution in [0.4, 0.5) is 10.5 Å². The summed E-state index contributed by atoms with van der Waals surface area (Å²) >= 11 is 1.84. The van der Waals surface area contributed by atoms with E-state index in [9.17, 15) is 23.3 Å². The van der Waals surface area contributed by atoms with Crippen molar-refractivity contribution in [2.24, 2.45) is 0 Å². The van der Waals surface area contributed by atoms with Crippen molar-refractivity contribution in [3.63, 3.8) is 0 Å². The smallest absolute Gasteiger partial charge is 0.410 e. The molecule has 1 amide bonds. The Hall–Kier alpha value is -4.27. The van der Waals surface area contributed by atoms with Gasteiger partial charge in [-0.2, -0.15) is 17.8 Å². The van der Waals surface area contributed by atoms with Gasteiger partial charge in [-0.1, -0.05) is 91.0 Å². The number of nitro groups is 1. The monoisotopic (exact) mass is 716 g/mol. The number of piperazine rings is 1. The summed E-state index contributed by atoms with van der Waals surface area (Å²) in [6.07, 6.45) is 1.31. The first-order valence-corrected chi connectivity index (χ1v) is 19.2. The molecule has 2 fully saturated rings. The normalized spacial score (nSPS) is 18.9. The Morgan fingerprint density at radius 2 is 1.36 bits per heavy atom. The second-order valence-corrected chi connectivity index (χ2v) is 15.6. The Balaban J connectivity index is 1.27. The molecule has 4 aromatic rings. The van der Waals surface area contributed by atoms with Gasteiger partial charge in [-0.05, 0) is 40.8 Å². The van der Waals surface area contributed by atoms with Crippen LogP contribution < -0.4 is 0 Å². The highest BCUT2D eigenvalue weighted by Crippen LogP contribution is 2.52. The SMILES string of the molecule is CS(=O)(=O)ON1CCN(C[C@@H]2C[C@H](SC(c3ccccc3)(c3ccccc3)c3ccccc3)CN2C(=O)OCc2ccc([N+](=O)[O-])cc2)CC1. The van der Waals surface area contributed by atoms with Gasteiger partial charge in [-0.3, -0.25) is 15.0 Å². The second-order valence-electron chi connectivity index (χ2n) is 12.5. The summed E-state index contributed by atoms with van der Waals surface area (Å²) in [4.78, 5) is 28.5. The van der Waals surface area contributed by atoms with Gasteiger partial charge >= 0.3 is 6.09 Å². The molecule has 50 heavy (non-hydrogen) atoms. The summed E-state index contributed by atoms with van der Waals surface area (Å²) in [5.41, 5.74) is 4.05. The fraction of sp³-hybridized carbons (Fsp3) is 0.324. The summed E-state index contributed by atoms with van der Waals surface area (Å²) in [6, 6.07) is 37.2. The standard InChI is InChI=1S/C37H40N4O7S2/c1-50(45,46)48-39-23-21-38(22-24-39)26-34-25-35(27-40(34)36(42)47-28-29-17-19-33(20-18-29)41(43)44)49-37(30-11-5-2-6-12-30,31-13-7-3-8-14-31)32-15-9-4-10-16-32/h2-20,34-35H,21-28H2,1H3/t34-,35-/m0/s1. The topological polar surface area (TPSA) is 123 Å². The highest BCUT2D eigenvalue weighted by molar-refractivity contribution is 8.01. The third kappa shape index (κ3) is 8.53. The number of nitrogens with zero attached hydrogens (tertiary/aromatic N) is 4. The van der Waals surface area contributed by atoms with Crippen molar-refractivity contribution in [1.82, 2.24) is 14.9 Å². The van der Waals surface area contributed by atoms with E-state index in [4.69, 9.17) is 9.02 Å². The molecule has 2 saturated heterocycles. The molecule has 2 aliphatic rings. The van der Waals surface area contributed by atoms with Crippen LogP contribution in [0, 0.1) is 10.1 Å². The Kier molecular flexibility index (Phi) is 11.2. The summed E-state index contributed by atoms with van der Waals surface area (Å²) in [5, 5.41) is 12.6. The molecule has 0 spiro atoms. The molecule has 11 nitrogen and oxygen atoms in total. The Morgan fingerprint density at radius 1 is 0.840 bits per heavy atom. The van der Waals surface area contributed by atoms with Crippen molar-refractivity contribution in [2.75, 3.05) is 45.5 Å². The number of likely N-dealkylation sites (tertiary alicyclic amines) is 1. The zero-order valence-corrected chi connectivity index (χ0v) is 29.4. The quantitative estimate of drug-likeness (QED) is 0.0994. The average molecular weight is 717 g/mol. The first-order chi connectivity index (χ1) is 24.1. The maximum atomic E-state index is 13.8. The van der Waals surface area contributed by atoms with Crippen LogP contribution in [-0.4, -0.2) is 91.1 Å². The van der Waals surface area contributed by atoms with Crippen LogP contribution in [0.25, 0.3) is 0 Å². The summed E-state index contributed by atoms with van der Waals surface area (Å²) in [7, 11) is -3.61. The molecule has 0 bridgehead atoms. The first kappa shape index (κ1) is 35.6. The van der Waals surface area contributed by atoms with Gasteiger partial charge in [0.1, 0.15) is 6.61 Å². The van der Waals surface area contributed by atoms with E-state index in [-0.39, 0.29) is 23.6 Å². The number of nitro benzene ring substituents is 1. The minimum atomic E-state index is -3.61. The minimum absolute atomic E-state index is 0.0126. The maximum absolute atomic E-state index is 13.8. The third-order valence-electron chi connectivity index (χ3n) is 9.05. The largest absolute Gasteiger partial charge is 0.445 e. The van der Waals surface area contributed by atoms with E-state index >= 15 is 0 Å². The number of non-ortho nitro benzene ring substituents is 1. The zero-order valence-electron chi connectivity index (χ0n) is 27.7. The van der Waals surface area contributed by atoms with Crippen LogP contribution >= 0.6 is 11.8 Å². The summed E-state index contributed by atoms with van der Waals surface area (Å²) < 4.78 is 33.7. The number of hydrogen-bond acceptors (Lipinski definition) is 10. The molecule has 0 unspecified atom stereocenters. The molecule has 4 aromatic carbocycles. The molecule has 0 saturated carbocycles. The summed E-state index contributed by atoms with van der Waals surface area (Å²) in [5.74, 6) is 0. The Labute approximate surface area is 297 Å². The predicted molar refractivity (Wildman–Crippen MR) is 193 cm³/mol. The lowest BCUT2D eigenvalue weighted by Crippen LogP contribution is -2.51. The highest BCUT2D eigenvalue weighted by atomic mass is 32.2. The van der Waals surface area contributed by atoms with E-state index in [1.54, 1.807) is 12.1 Å². The van der Waals surface area contributed by atoms with Crippen molar-refractivity contribution in [1.29, 1.82) is 0 Å². The molecular weight excluding hydrogens is 677 g/mol. The average Bonchev–Trinajstić information content (AvgIpc) is 3.53. The molecule has 262 valence electrons. The number of carbonyl (C=O) groups excluding carboxylic acids is 1. The van der Waals surface area contributed by atoms with Crippen molar-refractivity contribution in [3.8, 4) is 0 Å². The molecule has 0 N–H and O–H groups in total. The van der Waals surface area contributed by atoms with Gasteiger partial charge in [0.05, 0.1) is 15.9 Å². The van der Waals surface area contributed by atoms with Crippen LogP contribution in [0.1, 0.15) is 28.7 Å². The van der Waals surface area contributed by atoms with E-state index in [0.717, 1.165) is 22.9 Å². The number of amides is 1. The van der Waals surface area contributed by atoms with Gasteiger partial charge < -0.3 is 9.64 Å². The van der Waals surface area contributed by atoms with E-state index in [0.29, 0.717) is 51.3 Å². The zero-order chi connectivity index (χ0) is 35.1. The molecule has 2 heterocycles. The minimum Gasteiger partial charge on any atom is -0.445 e. The Morgan fingerprint density at radius 3 is 1.84 bits per heavy atom. The van der Waals surface area contributed by atoms with E-state index in [1.807, 2.05) is 34.9 Å². The fourth-order valence-electron chi connectivity index (χ4n) is 6.75. The number of hydroxylamine groups is 2. The number of thioether (sulfide) groups is 1. The lowest BCUT2D eigenvalue weighted by Gasteiger charge is -2.37. The maximum Gasteiger partial charge on any atom is 0.410 e. The second kappa shape index (κ2) is 15.7. The molecule has 2 aliphatic heterocycles. The third-order valence-corrected chi connectivity index (χ3v) is 11.3. The number of rotatable bonds is 12. The van der Waals surface area contributed by atoms with Crippen molar-refractivity contribution >= 4 is 33.7 Å². The number of hydrogen-bond donors (Lipinski definition) is 0. The van der Waals surface area contributed by atoms with Crippen LogP contribution in [0.15, 0.2) is 115 Å². The van der Waals surface area contributed by atoms with Gasteiger partial charge in [-0.15, -0.1) is 11.8 Å². The van der Waals surface area contributed by atoms with Gasteiger partial charge in [-0.25, -0.2) is 4.79 Å². The molecule has 6 rings (SSSR count). The lowest BCUT2D eigenvalue weighted by molar-refractivity contribution is -0.384. The highest BCUT2D eigenvalue weighted by Gasteiger charge is 2.45. The van der Waals surface area contributed by atoms with Gasteiger partial charge in [0, 0.05) is 62.7 Å². The first-order valence-electron chi connectivity index (χ1n) is 16.5. The number of ether oxygens (including phenoxy) is 1. The molecule has 2 atom stereocenters. The van der Waals surface area contributed by atoms with Crippen molar-refractivity contribution in [2.45, 2.75) is 29.1 Å². The van der Waals surface area contributed by atoms with Crippen LogP contribution in [0.3, 0.4) is 0 Å². The van der Waals surface area contributed by atoms with E-state index in [1.165, 1.54) is 17.2 Å². The number of benzene rings is 4. The summed E-state index contributed by atoms with van der Waals surface area (Å²) in [6.45, 7) is 3.03. The molecule has 13 heteroatoms. The van der Waals surface area contributed by atoms with Gasteiger partial charge in [0.25, 0.3) is 15.8 Å². The number of carbonyl (C=O) groups is 1. The molecule has 0 radical (unpaired) electrons. The van der Waals surface area contributed by atoms with E-state index < -0.39 is 25.9 Å². The van der Waals surface area contributed by atoms with Crippen molar-refractivity contribution in [3.05, 3.63) is 148 Å².